The molecule has 4 heteroatoms. The maximum Gasteiger partial charge on any atom is 0.185 e. The Balaban J connectivity index is 2.20. The number of nitrogens with zero attached hydrogens (tertiary/aromatic N) is 2. The first kappa shape index (κ1) is 12.8. The predicted octanol–water partition coefficient (Wildman–Crippen LogP) is 2.75. The number of anilines is 1. The second-order valence-electron chi connectivity index (χ2n) is 6.05. The van der Waals surface area contributed by atoms with E-state index in [1.807, 2.05) is 0 Å². The lowest BCUT2D eigenvalue weighted by molar-refractivity contribution is 0.566. The quantitative estimate of drug-likeness (QED) is 0.897. The molecule has 1 heterocycles. The van der Waals surface area contributed by atoms with Crippen LogP contribution in [0.2, 0.25) is 0 Å². The molecule has 17 heavy (non-hydrogen) atoms. The number of thiazole rings is 1. The van der Waals surface area contributed by atoms with Gasteiger partial charge in [-0.1, -0.05) is 20.8 Å². The summed E-state index contributed by atoms with van der Waals surface area (Å²) in [6, 6.07) is 0. The van der Waals surface area contributed by atoms with E-state index < -0.39 is 0 Å². The molecule has 1 aliphatic rings. The molecule has 1 aliphatic carbocycles. The molecular formula is C13H23N3S. The van der Waals surface area contributed by atoms with Gasteiger partial charge in [0.1, 0.15) is 0 Å². The first-order chi connectivity index (χ1) is 7.91. The largest absolute Gasteiger partial charge is 0.351 e. The standard InChI is InChI=1S/C13H23N3S/c1-13(2,3)11-10(7-14)17-12(15-11)16(4)8-9-5-6-9/h9H,5-8,14H2,1-4H3. The number of hydrogen-bond acceptors (Lipinski definition) is 4. The molecular weight excluding hydrogens is 230 g/mol. The van der Waals surface area contributed by atoms with Crippen LogP contribution in [0.5, 0.6) is 0 Å². The molecule has 1 aromatic heterocycles. The van der Waals surface area contributed by atoms with Crippen LogP contribution in [0.3, 0.4) is 0 Å². The molecule has 0 radical (unpaired) electrons. The number of rotatable bonds is 4. The minimum Gasteiger partial charge on any atom is -0.351 e. The Morgan fingerprint density at radius 1 is 1.41 bits per heavy atom. The lowest BCUT2D eigenvalue weighted by atomic mass is 9.91. The van der Waals surface area contributed by atoms with Crippen molar-refractivity contribution >= 4 is 16.5 Å². The maximum absolute atomic E-state index is 5.83. The summed E-state index contributed by atoms with van der Waals surface area (Å²) >= 11 is 1.75. The number of aromatic nitrogens is 1. The molecule has 0 unspecified atom stereocenters. The van der Waals surface area contributed by atoms with Crippen LogP contribution in [0.15, 0.2) is 0 Å². The molecule has 0 bridgehead atoms. The molecule has 0 saturated heterocycles. The maximum atomic E-state index is 5.83. The van der Waals surface area contributed by atoms with Crippen molar-refractivity contribution in [3.8, 4) is 0 Å². The van der Waals surface area contributed by atoms with Crippen molar-refractivity contribution in [3.05, 3.63) is 10.6 Å². The summed E-state index contributed by atoms with van der Waals surface area (Å²) in [4.78, 5) is 8.32. The molecule has 1 saturated carbocycles. The van der Waals surface area contributed by atoms with Crippen molar-refractivity contribution < 1.29 is 0 Å². The topological polar surface area (TPSA) is 42.2 Å². The fraction of sp³-hybridized carbons (Fsp3) is 0.769. The summed E-state index contributed by atoms with van der Waals surface area (Å²) in [7, 11) is 2.14. The van der Waals surface area contributed by atoms with E-state index in [1.165, 1.54) is 23.4 Å². The van der Waals surface area contributed by atoms with Crippen molar-refractivity contribution in [1.29, 1.82) is 0 Å². The van der Waals surface area contributed by atoms with Gasteiger partial charge in [-0.3, -0.25) is 0 Å². The van der Waals surface area contributed by atoms with Crippen LogP contribution in [0.1, 0.15) is 44.2 Å². The Bertz CT molecular complexity index is 388. The van der Waals surface area contributed by atoms with Crippen LogP contribution in [-0.4, -0.2) is 18.6 Å². The third-order valence-electron chi connectivity index (χ3n) is 3.14. The molecule has 2 N–H and O–H groups in total. The lowest BCUT2D eigenvalue weighted by Crippen LogP contribution is -2.20. The highest BCUT2D eigenvalue weighted by atomic mass is 32.1. The van der Waals surface area contributed by atoms with Crippen LogP contribution >= 0.6 is 11.3 Å². The fourth-order valence-corrected chi connectivity index (χ4v) is 3.11. The second-order valence-corrected chi connectivity index (χ2v) is 7.11. The SMILES string of the molecule is CN(CC1CC1)c1nc(C(C)(C)C)c(CN)s1. The zero-order chi connectivity index (χ0) is 12.6. The zero-order valence-electron chi connectivity index (χ0n) is 11.3. The molecule has 0 aliphatic heterocycles. The van der Waals surface area contributed by atoms with Gasteiger partial charge in [0.25, 0.3) is 0 Å². The molecule has 0 spiro atoms. The van der Waals surface area contributed by atoms with E-state index in [1.54, 1.807) is 11.3 Å². The Morgan fingerprint density at radius 2 is 2.06 bits per heavy atom. The van der Waals surface area contributed by atoms with Crippen LogP contribution in [0.25, 0.3) is 0 Å². The lowest BCUT2D eigenvalue weighted by Gasteiger charge is -2.18. The van der Waals surface area contributed by atoms with Crippen LogP contribution in [0.4, 0.5) is 5.13 Å². The number of nitrogens with two attached hydrogens (primary N) is 1. The average Bonchev–Trinajstić information content (AvgIpc) is 2.93. The van der Waals surface area contributed by atoms with Crippen LogP contribution in [0, 0.1) is 5.92 Å². The van der Waals surface area contributed by atoms with E-state index >= 15 is 0 Å². The molecule has 3 nitrogen and oxygen atoms in total. The molecule has 96 valence electrons. The molecule has 1 fully saturated rings. The molecule has 0 aromatic carbocycles. The van der Waals surface area contributed by atoms with Crippen molar-refractivity contribution in [2.75, 3.05) is 18.5 Å². The summed E-state index contributed by atoms with van der Waals surface area (Å²) < 4.78 is 0. The van der Waals surface area contributed by atoms with Gasteiger partial charge in [-0.15, -0.1) is 11.3 Å². The van der Waals surface area contributed by atoms with Gasteiger partial charge in [0.05, 0.1) is 5.69 Å². The highest BCUT2D eigenvalue weighted by molar-refractivity contribution is 7.15. The molecule has 0 atom stereocenters. The summed E-state index contributed by atoms with van der Waals surface area (Å²) in [6.07, 6.45) is 2.76. The van der Waals surface area contributed by atoms with Crippen molar-refractivity contribution in [2.24, 2.45) is 11.7 Å². The first-order valence-electron chi connectivity index (χ1n) is 6.33. The Labute approximate surface area is 108 Å². The van der Waals surface area contributed by atoms with E-state index in [0.29, 0.717) is 6.54 Å². The van der Waals surface area contributed by atoms with Gasteiger partial charge in [-0.05, 0) is 18.8 Å². The minimum atomic E-state index is 0.0872. The van der Waals surface area contributed by atoms with Crippen molar-refractivity contribution in [1.82, 2.24) is 4.98 Å². The van der Waals surface area contributed by atoms with Crippen molar-refractivity contribution in [2.45, 2.75) is 45.6 Å². The molecule has 1 aromatic rings. The third-order valence-corrected chi connectivity index (χ3v) is 4.33. The van der Waals surface area contributed by atoms with Gasteiger partial charge in [0, 0.05) is 30.4 Å². The molecule has 0 amide bonds. The van der Waals surface area contributed by atoms with E-state index in [-0.39, 0.29) is 5.41 Å². The zero-order valence-corrected chi connectivity index (χ0v) is 12.1. The van der Waals surface area contributed by atoms with E-state index in [9.17, 15) is 0 Å². The Kier molecular flexibility index (Phi) is 3.46. The van der Waals surface area contributed by atoms with Crippen LogP contribution < -0.4 is 10.6 Å². The van der Waals surface area contributed by atoms with E-state index in [0.717, 1.165) is 17.6 Å². The van der Waals surface area contributed by atoms with Gasteiger partial charge in [0.15, 0.2) is 5.13 Å². The second kappa shape index (κ2) is 4.58. The molecule has 2 rings (SSSR count). The average molecular weight is 253 g/mol. The van der Waals surface area contributed by atoms with E-state index in [4.69, 9.17) is 10.7 Å². The number of hydrogen-bond donors (Lipinski definition) is 1. The summed E-state index contributed by atoms with van der Waals surface area (Å²) in [5, 5.41) is 1.13. The third kappa shape index (κ3) is 2.99. The predicted molar refractivity (Wildman–Crippen MR) is 74.7 cm³/mol. The van der Waals surface area contributed by atoms with E-state index in [2.05, 4.69) is 32.7 Å². The normalized spacial score (nSPS) is 16.3. The summed E-state index contributed by atoms with van der Waals surface area (Å²) in [6.45, 7) is 8.34. The highest BCUT2D eigenvalue weighted by Crippen LogP contribution is 2.35. The summed E-state index contributed by atoms with van der Waals surface area (Å²) in [5.74, 6) is 0.892. The first-order valence-corrected chi connectivity index (χ1v) is 7.15. The fourth-order valence-electron chi connectivity index (χ4n) is 1.99. The minimum absolute atomic E-state index is 0.0872. The Morgan fingerprint density at radius 3 is 2.47 bits per heavy atom. The Hall–Kier alpha value is -0.610. The smallest absolute Gasteiger partial charge is 0.185 e. The van der Waals surface area contributed by atoms with Gasteiger partial charge >= 0.3 is 0 Å². The monoisotopic (exact) mass is 253 g/mol. The van der Waals surface area contributed by atoms with Gasteiger partial charge < -0.3 is 10.6 Å². The van der Waals surface area contributed by atoms with Gasteiger partial charge in [-0.25, -0.2) is 4.98 Å². The van der Waals surface area contributed by atoms with Crippen LogP contribution in [-0.2, 0) is 12.0 Å². The van der Waals surface area contributed by atoms with Gasteiger partial charge in [0.2, 0.25) is 0 Å². The van der Waals surface area contributed by atoms with Crippen molar-refractivity contribution in [3.63, 3.8) is 0 Å². The highest BCUT2D eigenvalue weighted by Gasteiger charge is 2.27. The summed E-state index contributed by atoms with van der Waals surface area (Å²) in [5.41, 5.74) is 7.08. The van der Waals surface area contributed by atoms with Gasteiger partial charge in [-0.2, -0.15) is 0 Å².